The molecule has 0 aliphatic rings. The Hall–Kier alpha value is -1.34. The summed E-state index contributed by atoms with van der Waals surface area (Å²) in [5, 5.41) is 6.42. The number of nitrogens with one attached hydrogen (secondary N) is 1. The summed E-state index contributed by atoms with van der Waals surface area (Å²) < 4.78 is 0. The second-order valence-corrected chi connectivity index (χ2v) is 5.53. The topological polar surface area (TPSA) is 12.0 Å². The molecule has 108 valence electrons. The lowest BCUT2D eigenvalue weighted by Gasteiger charge is -2.20. The van der Waals surface area contributed by atoms with E-state index >= 15 is 0 Å². The molecule has 0 aliphatic carbocycles. The normalized spacial score (nSPS) is 12.7. The first-order valence-corrected chi connectivity index (χ1v) is 8.07. The van der Waals surface area contributed by atoms with E-state index in [-0.39, 0.29) is 0 Å². The Labute approximate surface area is 123 Å². The van der Waals surface area contributed by atoms with E-state index in [1.807, 2.05) is 0 Å². The largest absolute Gasteiger partial charge is 0.310 e. The SMILES string of the molecule is CCCCCCC(NCC)c1cccc2ccccc12. The predicted molar refractivity (Wildman–Crippen MR) is 89.1 cm³/mol. The van der Waals surface area contributed by atoms with E-state index < -0.39 is 0 Å². The summed E-state index contributed by atoms with van der Waals surface area (Å²) in [5.41, 5.74) is 1.46. The van der Waals surface area contributed by atoms with Crippen LogP contribution in [0.4, 0.5) is 0 Å². The van der Waals surface area contributed by atoms with Gasteiger partial charge < -0.3 is 5.32 Å². The molecule has 0 radical (unpaired) electrons. The molecule has 0 amide bonds. The van der Waals surface area contributed by atoms with Gasteiger partial charge in [0.1, 0.15) is 0 Å². The van der Waals surface area contributed by atoms with E-state index in [0.717, 1.165) is 6.54 Å². The maximum Gasteiger partial charge on any atom is 0.0326 e. The Morgan fingerprint density at radius 3 is 2.50 bits per heavy atom. The standard InChI is InChI=1S/C19H27N/c1-3-5-6-7-15-19(20-4-2)18-14-10-12-16-11-8-9-13-17(16)18/h8-14,19-20H,3-7,15H2,1-2H3. The second-order valence-electron chi connectivity index (χ2n) is 5.53. The third-order valence-corrected chi connectivity index (χ3v) is 4.00. The van der Waals surface area contributed by atoms with Crippen LogP contribution in [0.3, 0.4) is 0 Å². The maximum absolute atomic E-state index is 3.67. The summed E-state index contributed by atoms with van der Waals surface area (Å²) in [5.74, 6) is 0. The molecule has 0 saturated carbocycles. The Kier molecular flexibility index (Phi) is 6.07. The van der Waals surface area contributed by atoms with Crippen LogP contribution in [0.25, 0.3) is 10.8 Å². The Bertz CT molecular complexity index is 513. The van der Waals surface area contributed by atoms with Gasteiger partial charge in [-0.1, -0.05) is 82.0 Å². The molecule has 1 N–H and O–H groups in total. The van der Waals surface area contributed by atoms with Gasteiger partial charge >= 0.3 is 0 Å². The fourth-order valence-corrected chi connectivity index (χ4v) is 2.94. The number of hydrogen-bond donors (Lipinski definition) is 1. The molecule has 0 spiro atoms. The van der Waals surface area contributed by atoms with Crippen LogP contribution < -0.4 is 5.32 Å². The van der Waals surface area contributed by atoms with Crippen LogP contribution in [0.15, 0.2) is 42.5 Å². The smallest absolute Gasteiger partial charge is 0.0326 e. The van der Waals surface area contributed by atoms with E-state index in [9.17, 15) is 0 Å². The van der Waals surface area contributed by atoms with Gasteiger partial charge in [-0.2, -0.15) is 0 Å². The van der Waals surface area contributed by atoms with Crippen LogP contribution in [0.5, 0.6) is 0 Å². The molecule has 0 fully saturated rings. The van der Waals surface area contributed by atoms with Crippen molar-refractivity contribution in [2.75, 3.05) is 6.54 Å². The Balaban J connectivity index is 2.18. The van der Waals surface area contributed by atoms with Crippen molar-refractivity contribution in [1.82, 2.24) is 5.32 Å². The number of fused-ring (bicyclic) bond motifs is 1. The van der Waals surface area contributed by atoms with E-state index in [4.69, 9.17) is 0 Å². The van der Waals surface area contributed by atoms with Crippen molar-refractivity contribution in [3.63, 3.8) is 0 Å². The lowest BCUT2D eigenvalue weighted by atomic mass is 9.95. The zero-order valence-corrected chi connectivity index (χ0v) is 12.9. The minimum absolute atomic E-state index is 0.489. The Morgan fingerprint density at radius 2 is 1.70 bits per heavy atom. The summed E-state index contributed by atoms with van der Waals surface area (Å²) in [7, 11) is 0. The van der Waals surface area contributed by atoms with Gasteiger partial charge in [-0.05, 0) is 29.3 Å². The van der Waals surface area contributed by atoms with Gasteiger partial charge in [0.25, 0.3) is 0 Å². The third-order valence-electron chi connectivity index (χ3n) is 4.00. The van der Waals surface area contributed by atoms with Gasteiger partial charge in [-0.15, -0.1) is 0 Å². The van der Waals surface area contributed by atoms with Crippen molar-refractivity contribution in [2.24, 2.45) is 0 Å². The van der Waals surface area contributed by atoms with Gasteiger partial charge in [-0.25, -0.2) is 0 Å². The second kappa shape index (κ2) is 8.06. The first-order chi connectivity index (χ1) is 9.86. The fourth-order valence-electron chi connectivity index (χ4n) is 2.94. The molecule has 1 nitrogen and oxygen atoms in total. The van der Waals surface area contributed by atoms with Crippen LogP contribution in [-0.4, -0.2) is 6.54 Å². The molecule has 0 aliphatic heterocycles. The molecule has 1 unspecified atom stereocenters. The van der Waals surface area contributed by atoms with Gasteiger partial charge in [0.05, 0.1) is 0 Å². The highest BCUT2D eigenvalue weighted by Crippen LogP contribution is 2.27. The fraction of sp³-hybridized carbons (Fsp3) is 0.474. The molecule has 0 saturated heterocycles. The zero-order valence-electron chi connectivity index (χ0n) is 12.9. The summed E-state index contributed by atoms with van der Waals surface area (Å²) in [6.07, 6.45) is 6.56. The van der Waals surface area contributed by atoms with Crippen LogP contribution in [0, 0.1) is 0 Å². The predicted octanol–water partition coefficient (Wildman–Crippen LogP) is 5.46. The van der Waals surface area contributed by atoms with Gasteiger partial charge in [-0.3, -0.25) is 0 Å². The average Bonchev–Trinajstić information content (AvgIpc) is 2.50. The first-order valence-electron chi connectivity index (χ1n) is 8.07. The molecular weight excluding hydrogens is 242 g/mol. The molecule has 0 bridgehead atoms. The van der Waals surface area contributed by atoms with E-state index in [1.54, 1.807) is 0 Å². The minimum atomic E-state index is 0.489. The van der Waals surface area contributed by atoms with Crippen molar-refractivity contribution in [2.45, 2.75) is 52.0 Å². The number of unbranched alkanes of at least 4 members (excludes halogenated alkanes) is 3. The Morgan fingerprint density at radius 1 is 0.900 bits per heavy atom. The van der Waals surface area contributed by atoms with Gasteiger partial charge in [0.15, 0.2) is 0 Å². The summed E-state index contributed by atoms with van der Waals surface area (Å²) >= 11 is 0. The van der Waals surface area contributed by atoms with Crippen LogP contribution in [-0.2, 0) is 0 Å². The molecule has 0 aromatic heterocycles. The maximum atomic E-state index is 3.67. The highest BCUT2D eigenvalue weighted by atomic mass is 14.9. The number of hydrogen-bond acceptors (Lipinski definition) is 1. The molecule has 20 heavy (non-hydrogen) atoms. The van der Waals surface area contributed by atoms with Crippen LogP contribution >= 0.6 is 0 Å². The average molecular weight is 269 g/mol. The van der Waals surface area contributed by atoms with Gasteiger partial charge in [0, 0.05) is 6.04 Å². The number of benzene rings is 2. The summed E-state index contributed by atoms with van der Waals surface area (Å²) in [6.45, 7) is 5.50. The molecule has 0 heterocycles. The van der Waals surface area contributed by atoms with Crippen molar-refractivity contribution in [1.29, 1.82) is 0 Å². The summed E-state index contributed by atoms with van der Waals surface area (Å²) in [6, 6.07) is 15.9. The third kappa shape index (κ3) is 3.83. The van der Waals surface area contributed by atoms with Crippen LogP contribution in [0.1, 0.15) is 57.6 Å². The molecule has 2 aromatic carbocycles. The lowest BCUT2D eigenvalue weighted by molar-refractivity contribution is 0.484. The minimum Gasteiger partial charge on any atom is -0.310 e. The van der Waals surface area contributed by atoms with Crippen molar-refractivity contribution in [3.8, 4) is 0 Å². The first kappa shape index (κ1) is 15.1. The van der Waals surface area contributed by atoms with E-state index in [2.05, 4.69) is 61.6 Å². The van der Waals surface area contributed by atoms with Crippen molar-refractivity contribution in [3.05, 3.63) is 48.0 Å². The molecule has 2 aromatic rings. The van der Waals surface area contributed by atoms with E-state index in [1.165, 1.54) is 48.4 Å². The highest BCUT2D eigenvalue weighted by Gasteiger charge is 2.12. The highest BCUT2D eigenvalue weighted by molar-refractivity contribution is 5.86. The summed E-state index contributed by atoms with van der Waals surface area (Å²) in [4.78, 5) is 0. The molecule has 2 rings (SSSR count). The molecule has 1 heteroatoms. The molecule has 1 atom stereocenters. The zero-order chi connectivity index (χ0) is 14.2. The number of rotatable bonds is 8. The van der Waals surface area contributed by atoms with Gasteiger partial charge in [0.2, 0.25) is 0 Å². The van der Waals surface area contributed by atoms with Crippen LogP contribution in [0.2, 0.25) is 0 Å². The van der Waals surface area contributed by atoms with Crippen molar-refractivity contribution >= 4 is 10.8 Å². The van der Waals surface area contributed by atoms with Crippen molar-refractivity contribution < 1.29 is 0 Å². The molecular formula is C19H27N. The lowest BCUT2D eigenvalue weighted by Crippen LogP contribution is -2.21. The monoisotopic (exact) mass is 269 g/mol. The quantitative estimate of drug-likeness (QED) is 0.627. The van der Waals surface area contributed by atoms with E-state index in [0.29, 0.717) is 6.04 Å².